The molecular formula is C66H78N2. The van der Waals surface area contributed by atoms with Crippen molar-refractivity contribution in [1.82, 2.24) is 0 Å². The Hall–Kier alpha value is -5.60. The molecule has 9 rings (SSSR count). The molecule has 3 aliphatic carbocycles. The second-order valence-corrected chi connectivity index (χ2v) is 25.8. The number of rotatable bonds is 6. The number of allylic oxidation sites excluding steroid dienone is 3. The van der Waals surface area contributed by atoms with Gasteiger partial charge in [-0.2, -0.15) is 0 Å². The third-order valence-electron chi connectivity index (χ3n) is 16.0. The molecule has 0 bridgehead atoms. The van der Waals surface area contributed by atoms with Crippen molar-refractivity contribution in [1.29, 1.82) is 0 Å². The summed E-state index contributed by atoms with van der Waals surface area (Å²) in [6, 6.07) is 47.1. The quantitative estimate of drug-likeness (QED) is 0.164. The topological polar surface area (TPSA) is 6.48 Å². The second kappa shape index (κ2) is 16.0. The maximum Gasteiger partial charge on any atom is 0.0467 e. The first-order chi connectivity index (χ1) is 31.6. The van der Waals surface area contributed by atoms with Crippen molar-refractivity contribution in [3.63, 3.8) is 0 Å². The minimum absolute atomic E-state index is 0.0744. The van der Waals surface area contributed by atoms with Gasteiger partial charge in [-0.15, -0.1) is 0 Å². The van der Waals surface area contributed by atoms with E-state index in [0.717, 1.165) is 0 Å². The fraction of sp³-hybridized carbons (Fsp3) is 0.394. The van der Waals surface area contributed by atoms with E-state index in [9.17, 15) is 0 Å². The molecule has 0 aliphatic heterocycles. The number of benzene rings is 6. The Labute approximate surface area is 411 Å². The largest absolute Gasteiger partial charge is 0.311 e. The number of nitrogens with zero attached hydrogens (tertiary/aromatic N) is 2. The van der Waals surface area contributed by atoms with E-state index in [0.29, 0.717) is 5.92 Å². The Morgan fingerprint density at radius 3 is 1.24 bits per heavy atom. The Bertz CT molecular complexity index is 2840. The van der Waals surface area contributed by atoms with Gasteiger partial charge < -0.3 is 9.80 Å². The summed E-state index contributed by atoms with van der Waals surface area (Å²) in [5.41, 5.74) is 24.0. The van der Waals surface area contributed by atoms with Crippen molar-refractivity contribution in [3.8, 4) is 11.1 Å². The molecule has 68 heavy (non-hydrogen) atoms. The molecule has 2 heteroatoms. The van der Waals surface area contributed by atoms with Crippen molar-refractivity contribution in [2.75, 3.05) is 9.80 Å². The maximum atomic E-state index is 2.63. The average Bonchev–Trinajstić information content (AvgIpc) is 3.63. The first-order valence-corrected chi connectivity index (χ1v) is 25.3. The zero-order valence-corrected chi connectivity index (χ0v) is 44.8. The van der Waals surface area contributed by atoms with E-state index in [4.69, 9.17) is 0 Å². The van der Waals surface area contributed by atoms with E-state index >= 15 is 0 Å². The highest BCUT2D eigenvalue weighted by Gasteiger charge is 2.52. The molecule has 0 amide bonds. The predicted octanol–water partition coefficient (Wildman–Crippen LogP) is 18.6. The van der Waals surface area contributed by atoms with E-state index in [1.165, 1.54) is 95.3 Å². The maximum absolute atomic E-state index is 2.63. The molecule has 3 aliphatic rings. The molecule has 0 saturated heterocycles. The molecule has 0 N–H and O–H groups in total. The second-order valence-electron chi connectivity index (χ2n) is 25.8. The molecule has 2 unspecified atom stereocenters. The highest BCUT2D eigenvalue weighted by Crippen LogP contribution is 2.63. The van der Waals surface area contributed by atoms with Crippen LogP contribution in [0.5, 0.6) is 0 Å². The summed E-state index contributed by atoms with van der Waals surface area (Å²) in [5, 5.41) is 0. The fourth-order valence-corrected chi connectivity index (χ4v) is 12.0. The lowest BCUT2D eigenvalue weighted by Gasteiger charge is -2.37. The van der Waals surface area contributed by atoms with Crippen LogP contribution in [0.4, 0.5) is 28.4 Å². The molecule has 0 radical (unpaired) electrons. The van der Waals surface area contributed by atoms with Crippen LogP contribution in [0.15, 0.2) is 145 Å². The number of anilines is 5. The van der Waals surface area contributed by atoms with Crippen molar-refractivity contribution >= 4 is 28.4 Å². The minimum Gasteiger partial charge on any atom is -0.311 e. The van der Waals surface area contributed by atoms with Crippen LogP contribution < -0.4 is 9.80 Å². The van der Waals surface area contributed by atoms with Crippen LogP contribution in [0.25, 0.3) is 11.1 Å². The summed E-state index contributed by atoms with van der Waals surface area (Å²) in [5.74, 6) is 0.592. The molecule has 2 nitrogen and oxygen atoms in total. The van der Waals surface area contributed by atoms with Crippen LogP contribution in [0, 0.1) is 12.8 Å². The van der Waals surface area contributed by atoms with Gasteiger partial charge in [0.1, 0.15) is 0 Å². The van der Waals surface area contributed by atoms with Gasteiger partial charge in [0.05, 0.1) is 0 Å². The Morgan fingerprint density at radius 1 is 0.441 bits per heavy atom. The van der Waals surface area contributed by atoms with Gasteiger partial charge in [0, 0.05) is 45.5 Å². The van der Waals surface area contributed by atoms with Gasteiger partial charge in [0.25, 0.3) is 0 Å². The number of hydrogen-bond acceptors (Lipinski definition) is 2. The molecule has 0 heterocycles. The normalized spacial score (nSPS) is 18.3. The van der Waals surface area contributed by atoms with Crippen molar-refractivity contribution in [2.24, 2.45) is 5.92 Å². The van der Waals surface area contributed by atoms with Crippen LogP contribution in [-0.4, -0.2) is 0 Å². The number of aryl methyl sites for hydroxylation is 1. The van der Waals surface area contributed by atoms with Crippen molar-refractivity contribution in [3.05, 3.63) is 195 Å². The molecule has 0 aromatic heterocycles. The van der Waals surface area contributed by atoms with Crippen LogP contribution in [0.1, 0.15) is 174 Å². The molecule has 0 fully saturated rings. The van der Waals surface area contributed by atoms with Gasteiger partial charge in [-0.25, -0.2) is 0 Å². The molecule has 0 spiro atoms. The van der Waals surface area contributed by atoms with Gasteiger partial charge in [0.2, 0.25) is 0 Å². The first-order valence-electron chi connectivity index (χ1n) is 25.3. The van der Waals surface area contributed by atoms with Gasteiger partial charge in [-0.1, -0.05) is 183 Å². The molecular weight excluding hydrogens is 821 g/mol. The lowest BCUT2D eigenvalue weighted by atomic mass is 9.69. The molecule has 352 valence electrons. The van der Waals surface area contributed by atoms with Crippen LogP contribution in [0.2, 0.25) is 0 Å². The van der Waals surface area contributed by atoms with Crippen LogP contribution >= 0.6 is 0 Å². The third-order valence-corrected chi connectivity index (χ3v) is 16.0. The van der Waals surface area contributed by atoms with Gasteiger partial charge in [-0.3, -0.25) is 0 Å². The Kier molecular flexibility index (Phi) is 11.2. The average molecular weight is 899 g/mol. The smallest absolute Gasteiger partial charge is 0.0467 e. The molecule has 2 atom stereocenters. The predicted molar refractivity (Wildman–Crippen MR) is 294 cm³/mol. The first kappa shape index (κ1) is 47.5. The summed E-state index contributed by atoms with van der Waals surface area (Å²) in [6.45, 7) is 42.3. The zero-order chi connectivity index (χ0) is 49.3. The summed E-state index contributed by atoms with van der Waals surface area (Å²) in [6.07, 6.45) is 5.12. The van der Waals surface area contributed by atoms with E-state index < -0.39 is 0 Å². The van der Waals surface area contributed by atoms with Crippen molar-refractivity contribution in [2.45, 2.75) is 163 Å². The summed E-state index contributed by atoms with van der Waals surface area (Å²) >= 11 is 0. The van der Waals surface area contributed by atoms with Gasteiger partial charge >= 0.3 is 0 Å². The summed E-state index contributed by atoms with van der Waals surface area (Å²) in [4.78, 5) is 4.99. The Balaban J connectivity index is 1.15. The minimum atomic E-state index is -0.223. The van der Waals surface area contributed by atoms with E-state index in [-0.39, 0.29) is 38.4 Å². The summed E-state index contributed by atoms with van der Waals surface area (Å²) in [7, 11) is 0. The van der Waals surface area contributed by atoms with Gasteiger partial charge in [-0.05, 0) is 175 Å². The van der Waals surface area contributed by atoms with E-state index in [1.54, 1.807) is 5.56 Å². The number of fused-ring (bicyclic) bond motifs is 7. The van der Waals surface area contributed by atoms with Crippen LogP contribution in [-0.2, 0) is 32.5 Å². The van der Waals surface area contributed by atoms with Gasteiger partial charge in [0.15, 0.2) is 0 Å². The lowest BCUT2D eigenvalue weighted by molar-refractivity contribution is 0.380. The van der Waals surface area contributed by atoms with Crippen molar-refractivity contribution < 1.29 is 0 Å². The highest BCUT2D eigenvalue weighted by atomic mass is 15.2. The molecule has 6 aromatic carbocycles. The highest BCUT2D eigenvalue weighted by molar-refractivity contribution is 5.90. The lowest BCUT2D eigenvalue weighted by Crippen LogP contribution is -2.31. The van der Waals surface area contributed by atoms with E-state index in [1.807, 2.05) is 0 Å². The van der Waals surface area contributed by atoms with E-state index in [2.05, 4.69) is 268 Å². The fourth-order valence-electron chi connectivity index (χ4n) is 12.0. The SMILES string of the molecule is CC1=CC(N(c2ccc(C(C)(C)C)cc2)c2ccc(C(C)(C)C)cc2)=CC2C1c1ccc3c(c1C2(C)C)C(C)(C)c1cc(N(c2ccc(C(C)(C)C)cc2)c2ccc(C(C)(C)C)cc2)cc(C)c1-3. The standard InChI is InChI=1S/C66H78N2/c1-41-37-51(67(47-27-19-43(20-28-47)61(3,4)5)48-29-21-44(22-30-48)62(6,7)8)39-55-57(41)53-35-36-54-58-42(2)38-52(40-56(58)66(17,18)60(54)59(53)65(55,15)16)68(49-31-23-45(24-32-49)63(9,10)11)50-33-25-46(26-34-50)64(12,13)14/h19-40,55,57H,1-18H3. The summed E-state index contributed by atoms with van der Waals surface area (Å²) < 4.78 is 0. The Morgan fingerprint density at radius 2 is 0.838 bits per heavy atom. The monoisotopic (exact) mass is 899 g/mol. The third kappa shape index (κ3) is 7.98. The zero-order valence-electron chi connectivity index (χ0n) is 44.8. The molecule has 0 saturated carbocycles. The van der Waals surface area contributed by atoms with Crippen LogP contribution in [0.3, 0.4) is 0 Å². The number of hydrogen-bond donors (Lipinski definition) is 0. The molecule has 6 aromatic rings.